The van der Waals surface area contributed by atoms with Crippen LogP contribution in [-0.2, 0) is 0 Å². The molecule has 6 nitrogen and oxygen atoms in total. The number of hydrogen-bond donors (Lipinski definition) is 0. The Balaban J connectivity index is 1.56. The second kappa shape index (κ2) is 7.85. The molecule has 0 bridgehead atoms. The Kier molecular flexibility index (Phi) is 5.00. The summed E-state index contributed by atoms with van der Waals surface area (Å²) in [6.45, 7) is 1.77. The van der Waals surface area contributed by atoms with Gasteiger partial charge in [0.05, 0.1) is 16.3 Å². The van der Waals surface area contributed by atoms with E-state index in [4.69, 9.17) is 16.0 Å². The molecule has 0 atom stereocenters. The van der Waals surface area contributed by atoms with Gasteiger partial charge in [0.1, 0.15) is 5.76 Å². The number of rotatable bonds is 3. The fourth-order valence-corrected chi connectivity index (χ4v) is 4.90. The maximum Gasteiger partial charge on any atom is 0.298 e. The first-order chi connectivity index (χ1) is 15.4. The minimum Gasteiger partial charge on any atom is -0.451 e. The first-order valence-electron chi connectivity index (χ1n) is 9.68. The number of hydrogen-bond acceptors (Lipinski definition) is 5. The average Bonchev–Trinajstić information content (AvgIpc) is 3.27. The Morgan fingerprint density at radius 3 is 2.56 bits per heavy atom. The summed E-state index contributed by atoms with van der Waals surface area (Å²) in [5, 5.41) is 11.5. The van der Waals surface area contributed by atoms with Crippen LogP contribution in [0.15, 0.2) is 87.0 Å². The van der Waals surface area contributed by atoms with Gasteiger partial charge in [0, 0.05) is 32.5 Å². The third-order valence-corrected chi connectivity index (χ3v) is 6.56. The van der Waals surface area contributed by atoms with E-state index in [-0.39, 0.29) is 17.4 Å². The Hall–Kier alpha value is -3.55. The predicted molar refractivity (Wildman–Crippen MR) is 124 cm³/mol. The van der Waals surface area contributed by atoms with E-state index in [9.17, 15) is 14.9 Å². The highest BCUT2D eigenvalue weighted by Crippen LogP contribution is 2.49. The van der Waals surface area contributed by atoms with Crippen molar-refractivity contribution < 1.29 is 14.1 Å². The van der Waals surface area contributed by atoms with Crippen molar-refractivity contribution in [3.05, 3.63) is 99.3 Å². The van der Waals surface area contributed by atoms with Gasteiger partial charge in [-0.1, -0.05) is 35.5 Å². The number of amides is 1. The lowest BCUT2D eigenvalue weighted by atomic mass is 10.1. The fraction of sp³-hybridized carbons (Fsp3) is 0.0417. The van der Waals surface area contributed by atoms with Gasteiger partial charge in [-0.25, -0.2) is 0 Å². The molecular formula is C24H15ClN2O4S. The van der Waals surface area contributed by atoms with Crippen LogP contribution in [0.5, 0.6) is 0 Å². The molecule has 1 amide bonds. The molecule has 0 N–H and O–H groups in total. The highest BCUT2D eigenvalue weighted by Gasteiger charge is 2.31. The molecular weight excluding hydrogens is 448 g/mol. The maximum absolute atomic E-state index is 13.6. The number of carbonyl (C=O) groups is 1. The highest BCUT2D eigenvalue weighted by atomic mass is 35.5. The van der Waals surface area contributed by atoms with Crippen molar-refractivity contribution in [3.63, 3.8) is 0 Å². The molecule has 5 rings (SSSR count). The third kappa shape index (κ3) is 3.45. The van der Waals surface area contributed by atoms with Crippen molar-refractivity contribution in [2.24, 2.45) is 0 Å². The second-order valence-corrected chi connectivity index (χ2v) is 8.76. The molecule has 32 heavy (non-hydrogen) atoms. The van der Waals surface area contributed by atoms with Crippen LogP contribution in [0.1, 0.15) is 16.1 Å². The SMILES string of the molecule is Cc1cc([N+](=O)[O-])ccc1-c1ccc(C(=O)N2c3ccccc3Sc3ccc(Cl)cc32)o1. The second-order valence-electron chi connectivity index (χ2n) is 7.24. The van der Waals surface area contributed by atoms with Gasteiger partial charge in [0.15, 0.2) is 5.76 Å². The standard InChI is InChI=1S/C24H15ClN2O4S/c1-14-12-16(27(29)30)7-8-17(14)20-9-10-21(31-20)24(28)26-18-4-2-3-5-22(18)32-23-11-6-15(25)13-19(23)26/h2-13H,1H3. The molecule has 2 heterocycles. The van der Waals surface area contributed by atoms with Crippen LogP contribution in [0, 0.1) is 17.0 Å². The van der Waals surface area contributed by atoms with Crippen molar-refractivity contribution in [3.8, 4) is 11.3 Å². The average molecular weight is 463 g/mol. The minimum absolute atomic E-state index is 0.00464. The normalized spacial score (nSPS) is 12.2. The minimum atomic E-state index is -0.442. The first-order valence-corrected chi connectivity index (χ1v) is 10.9. The van der Waals surface area contributed by atoms with Crippen molar-refractivity contribution in [1.82, 2.24) is 0 Å². The van der Waals surface area contributed by atoms with Crippen molar-refractivity contribution in [2.75, 3.05) is 4.90 Å². The summed E-state index contributed by atoms with van der Waals surface area (Å²) in [7, 11) is 0. The van der Waals surface area contributed by atoms with Crippen LogP contribution in [0.3, 0.4) is 0 Å². The van der Waals surface area contributed by atoms with Gasteiger partial charge >= 0.3 is 0 Å². The molecule has 3 aromatic carbocycles. The molecule has 0 saturated heterocycles. The monoisotopic (exact) mass is 462 g/mol. The molecule has 1 aliphatic heterocycles. The van der Waals surface area contributed by atoms with E-state index in [1.165, 1.54) is 12.1 Å². The lowest BCUT2D eigenvalue weighted by Crippen LogP contribution is -2.28. The van der Waals surface area contributed by atoms with Gasteiger partial charge in [0.2, 0.25) is 0 Å². The molecule has 8 heteroatoms. The zero-order valence-electron chi connectivity index (χ0n) is 16.7. The van der Waals surface area contributed by atoms with Gasteiger partial charge in [-0.05, 0) is 61.0 Å². The van der Waals surface area contributed by atoms with E-state index >= 15 is 0 Å². The maximum atomic E-state index is 13.6. The number of halogens is 1. The largest absolute Gasteiger partial charge is 0.451 e. The zero-order chi connectivity index (χ0) is 22.4. The van der Waals surface area contributed by atoms with E-state index in [0.29, 0.717) is 27.6 Å². The van der Waals surface area contributed by atoms with E-state index in [1.807, 2.05) is 30.3 Å². The molecule has 0 spiro atoms. The summed E-state index contributed by atoms with van der Waals surface area (Å²) in [6, 6.07) is 21.0. The Labute approximate surface area is 192 Å². The third-order valence-electron chi connectivity index (χ3n) is 5.19. The Bertz CT molecular complexity index is 1400. The summed E-state index contributed by atoms with van der Waals surface area (Å²) >= 11 is 7.81. The Morgan fingerprint density at radius 2 is 1.78 bits per heavy atom. The number of non-ortho nitro benzene ring substituents is 1. The van der Waals surface area contributed by atoms with Gasteiger partial charge in [0.25, 0.3) is 11.6 Å². The number of para-hydroxylation sites is 1. The topological polar surface area (TPSA) is 76.6 Å². The van der Waals surface area contributed by atoms with Crippen LogP contribution >= 0.6 is 23.4 Å². The van der Waals surface area contributed by atoms with Gasteiger partial charge in [-0.2, -0.15) is 0 Å². The highest BCUT2D eigenvalue weighted by molar-refractivity contribution is 7.99. The predicted octanol–water partition coefficient (Wildman–Crippen LogP) is 7.26. The molecule has 0 radical (unpaired) electrons. The van der Waals surface area contributed by atoms with E-state index < -0.39 is 4.92 Å². The van der Waals surface area contributed by atoms with Crippen molar-refractivity contribution in [1.29, 1.82) is 0 Å². The molecule has 158 valence electrons. The van der Waals surface area contributed by atoms with Crippen LogP contribution in [0.4, 0.5) is 17.1 Å². The summed E-state index contributed by atoms with van der Waals surface area (Å²) in [5.41, 5.74) is 2.82. The van der Waals surface area contributed by atoms with Crippen LogP contribution in [0.2, 0.25) is 5.02 Å². The zero-order valence-corrected chi connectivity index (χ0v) is 18.3. The lowest BCUT2D eigenvalue weighted by Gasteiger charge is -2.30. The summed E-state index contributed by atoms with van der Waals surface area (Å²) in [4.78, 5) is 27.7. The quantitative estimate of drug-likeness (QED) is 0.236. The van der Waals surface area contributed by atoms with Crippen LogP contribution in [-0.4, -0.2) is 10.8 Å². The number of anilines is 2. The number of aryl methyl sites for hydroxylation is 1. The molecule has 0 fully saturated rings. The summed E-state index contributed by atoms with van der Waals surface area (Å²) in [6.07, 6.45) is 0. The number of carbonyl (C=O) groups excluding carboxylic acids is 1. The molecule has 0 aliphatic carbocycles. The Morgan fingerprint density at radius 1 is 1.00 bits per heavy atom. The van der Waals surface area contributed by atoms with E-state index in [1.54, 1.807) is 53.9 Å². The molecule has 4 aromatic rings. The van der Waals surface area contributed by atoms with Crippen LogP contribution < -0.4 is 4.90 Å². The van der Waals surface area contributed by atoms with Crippen molar-refractivity contribution in [2.45, 2.75) is 16.7 Å². The molecule has 1 aromatic heterocycles. The number of benzene rings is 3. The molecule has 1 aliphatic rings. The van der Waals surface area contributed by atoms with Crippen LogP contribution in [0.25, 0.3) is 11.3 Å². The summed E-state index contributed by atoms with van der Waals surface area (Å²) < 4.78 is 5.93. The smallest absolute Gasteiger partial charge is 0.298 e. The fourth-order valence-electron chi connectivity index (χ4n) is 3.69. The first kappa shape index (κ1) is 20.4. The van der Waals surface area contributed by atoms with Gasteiger partial charge in [-0.3, -0.25) is 19.8 Å². The number of nitrogens with zero attached hydrogens (tertiary/aromatic N) is 2. The molecule has 0 unspecified atom stereocenters. The number of fused-ring (bicyclic) bond motifs is 2. The summed E-state index contributed by atoms with van der Waals surface area (Å²) in [5.74, 6) is 0.296. The van der Waals surface area contributed by atoms with Gasteiger partial charge in [-0.15, -0.1) is 0 Å². The number of nitro benzene ring substituents is 1. The van der Waals surface area contributed by atoms with E-state index in [2.05, 4.69) is 0 Å². The number of nitro groups is 1. The lowest BCUT2D eigenvalue weighted by molar-refractivity contribution is -0.384. The van der Waals surface area contributed by atoms with Crippen molar-refractivity contribution >= 4 is 46.3 Å². The van der Waals surface area contributed by atoms with E-state index in [0.717, 1.165) is 15.5 Å². The van der Waals surface area contributed by atoms with Gasteiger partial charge < -0.3 is 4.42 Å². The molecule has 0 saturated carbocycles. The number of furan rings is 1.